The predicted octanol–water partition coefficient (Wildman–Crippen LogP) is 3.90. The summed E-state index contributed by atoms with van der Waals surface area (Å²) in [4.78, 5) is 18.3. The van der Waals surface area contributed by atoms with Crippen LogP contribution in [-0.4, -0.2) is 25.0 Å². The van der Waals surface area contributed by atoms with Crippen LogP contribution in [0.3, 0.4) is 0 Å². The number of H-pyrrole nitrogens is 1. The molecule has 0 spiro atoms. The Morgan fingerprint density at radius 1 is 1.08 bits per heavy atom. The number of hydrogen-bond donors (Lipinski definition) is 2. The molecule has 1 aromatic heterocycles. The maximum atomic E-state index is 12.9. The lowest BCUT2D eigenvalue weighted by atomic mass is 9.94. The van der Waals surface area contributed by atoms with E-state index in [1.54, 1.807) is 0 Å². The lowest BCUT2D eigenvalue weighted by molar-refractivity contribution is -0.118. The van der Waals surface area contributed by atoms with Crippen molar-refractivity contribution in [2.45, 2.75) is 18.3 Å². The smallest absolute Gasteiger partial charge is 0.235 e. The van der Waals surface area contributed by atoms with Gasteiger partial charge in [0.1, 0.15) is 0 Å². The normalized spacial score (nSPS) is 15.2. The van der Waals surface area contributed by atoms with Gasteiger partial charge in [0.25, 0.3) is 0 Å². The third-order valence-electron chi connectivity index (χ3n) is 4.93. The van der Waals surface area contributed by atoms with E-state index in [2.05, 4.69) is 16.4 Å². The summed E-state index contributed by atoms with van der Waals surface area (Å²) < 4.78 is 0. The van der Waals surface area contributed by atoms with Crippen LogP contribution >= 0.6 is 0 Å². The highest BCUT2D eigenvalue weighted by atomic mass is 16.2. The van der Waals surface area contributed by atoms with Crippen LogP contribution in [0.1, 0.15) is 18.4 Å². The largest absolute Gasteiger partial charge is 0.378 e. The molecule has 4 heteroatoms. The average Bonchev–Trinajstić information content (AvgIpc) is 3.28. The molecule has 0 unspecified atom stereocenters. The highest BCUT2D eigenvalue weighted by Gasteiger charge is 2.52. The number of anilines is 2. The van der Waals surface area contributed by atoms with E-state index in [1.807, 2.05) is 67.7 Å². The van der Waals surface area contributed by atoms with Crippen LogP contribution in [0.2, 0.25) is 0 Å². The predicted molar refractivity (Wildman–Crippen MR) is 98.6 cm³/mol. The molecule has 0 bridgehead atoms. The summed E-state index contributed by atoms with van der Waals surface area (Å²) in [7, 11) is 4.01. The van der Waals surface area contributed by atoms with Gasteiger partial charge in [0, 0.05) is 42.6 Å². The first-order chi connectivity index (χ1) is 11.6. The van der Waals surface area contributed by atoms with Crippen LogP contribution < -0.4 is 10.2 Å². The van der Waals surface area contributed by atoms with E-state index in [0.717, 1.165) is 40.7 Å². The first-order valence-electron chi connectivity index (χ1n) is 8.26. The van der Waals surface area contributed by atoms with E-state index < -0.39 is 0 Å². The van der Waals surface area contributed by atoms with Crippen LogP contribution in [-0.2, 0) is 10.2 Å². The second-order valence-electron chi connectivity index (χ2n) is 6.73. The first-order valence-corrected chi connectivity index (χ1v) is 8.26. The zero-order chi connectivity index (χ0) is 16.7. The minimum Gasteiger partial charge on any atom is -0.378 e. The van der Waals surface area contributed by atoms with Gasteiger partial charge < -0.3 is 15.2 Å². The van der Waals surface area contributed by atoms with Crippen molar-refractivity contribution in [2.24, 2.45) is 0 Å². The number of amides is 1. The van der Waals surface area contributed by atoms with E-state index in [1.165, 1.54) is 0 Å². The highest BCUT2D eigenvalue weighted by Crippen LogP contribution is 2.51. The minimum atomic E-state index is -0.389. The van der Waals surface area contributed by atoms with Crippen molar-refractivity contribution >= 4 is 28.2 Å². The van der Waals surface area contributed by atoms with Gasteiger partial charge >= 0.3 is 0 Å². The Balaban J connectivity index is 1.60. The van der Waals surface area contributed by atoms with Gasteiger partial charge in [0.2, 0.25) is 5.91 Å². The Morgan fingerprint density at radius 2 is 1.79 bits per heavy atom. The van der Waals surface area contributed by atoms with Gasteiger partial charge in [-0.3, -0.25) is 4.79 Å². The topological polar surface area (TPSA) is 48.1 Å². The lowest BCUT2D eigenvalue weighted by Crippen LogP contribution is -2.27. The summed E-state index contributed by atoms with van der Waals surface area (Å²) in [5.74, 6) is 0.0878. The van der Waals surface area contributed by atoms with Gasteiger partial charge in [0.05, 0.1) is 5.41 Å². The molecule has 122 valence electrons. The number of fused-ring (bicyclic) bond motifs is 1. The minimum absolute atomic E-state index is 0.0878. The van der Waals surface area contributed by atoms with Gasteiger partial charge in [-0.25, -0.2) is 0 Å². The van der Waals surface area contributed by atoms with E-state index in [4.69, 9.17) is 0 Å². The number of aromatic amines is 1. The van der Waals surface area contributed by atoms with Crippen molar-refractivity contribution < 1.29 is 4.79 Å². The number of benzene rings is 2. The number of nitrogens with zero attached hydrogens (tertiary/aromatic N) is 1. The molecule has 1 aliphatic carbocycles. The number of aromatic nitrogens is 1. The van der Waals surface area contributed by atoms with Crippen molar-refractivity contribution in [3.05, 3.63) is 60.3 Å². The van der Waals surface area contributed by atoms with E-state index in [0.29, 0.717) is 0 Å². The van der Waals surface area contributed by atoms with E-state index in [9.17, 15) is 4.79 Å². The summed E-state index contributed by atoms with van der Waals surface area (Å²) in [6.07, 6.45) is 3.79. The fraction of sp³-hybridized carbons (Fsp3) is 0.250. The van der Waals surface area contributed by atoms with Gasteiger partial charge in [-0.2, -0.15) is 0 Å². The molecular weight excluding hydrogens is 298 g/mol. The zero-order valence-corrected chi connectivity index (χ0v) is 14.0. The Bertz CT molecular complexity index is 889. The lowest BCUT2D eigenvalue weighted by Gasteiger charge is -2.16. The number of rotatable bonds is 4. The summed E-state index contributed by atoms with van der Waals surface area (Å²) >= 11 is 0. The molecule has 0 radical (unpaired) electrons. The third kappa shape index (κ3) is 2.35. The molecule has 1 saturated carbocycles. The monoisotopic (exact) mass is 319 g/mol. The molecule has 2 N–H and O–H groups in total. The fourth-order valence-corrected chi connectivity index (χ4v) is 3.30. The summed E-state index contributed by atoms with van der Waals surface area (Å²) in [6, 6.07) is 16.1. The molecule has 2 aromatic carbocycles. The Hall–Kier alpha value is -2.75. The zero-order valence-electron chi connectivity index (χ0n) is 14.0. The van der Waals surface area contributed by atoms with Crippen molar-refractivity contribution in [1.82, 2.24) is 4.98 Å². The molecule has 0 aliphatic heterocycles. The van der Waals surface area contributed by atoms with Gasteiger partial charge in [-0.1, -0.05) is 18.2 Å². The molecule has 4 rings (SSSR count). The second kappa shape index (κ2) is 5.41. The number of carbonyl (C=O) groups is 1. The second-order valence-corrected chi connectivity index (χ2v) is 6.73. The van der Waals surface area contributed by atoms with Crippen LogP contribution in [0.15, 0.2) is 54.7 Å². The molecule has 4 nitrogen and oxygen atoms in total. The number of carbonyl (C=O) groups excluding carboxylic acids is 1. The fourth-order valence-electron chi connectivity index (χ4n) is 3.30. The van der Waals surface area contributed by atoms with Crippen LogP contribution in [0.4, 0.5) is 11.4 Å². The molecule has 24 heavy (non-hydrogen) atoms. The number of nitrogens with one attached hydrogen (secondary N) is 2. The molecule has 0 saturated heterocycles. The van der Waals surface area contributed by atoms with Crippen molar-refractivity contribution in [3.8, 4) is 0 Å². The van der Waals surface area contributed by atoms with Crippen molar-refractivity contribution in [3.63, 3.8) is 0 Å². The Labute approximate surface area is 141 Å². The maximum absolute atomic E-state index is 12.9. The van der Waals surface area contributed by atoms with Crippen LogP contribution in [0.25, 0.3) is 10.9 Å². The SMILES string of the molecule is CN(C)c1ccc(NC(=O)C2(c3c[nH]c4ccccc34)CC2)cc1. The summed E-state index contributed by atoms with van der Waals surface area (Å²) in [5, 5.41) is 4.24. The van der Waals surface area contributed by atoms with Crippen LogP contribution in [0, 0.1) is 0 Å². The Morgan fingerprint density at radius 3 is 2.46 bits per heavy atom. The average molecular weight is 319 g/mol. The molecule has 3 aromatic rings. The first kappa shape index (κ1) is 14.8. The highest BCUT2D eigenvalue weighted by molar-refractivity contribution is 6.04. The molecule has 1 fully saturated rings. The maximum Gasteiger partial charge on any atom is 0.235 e. The van der Waals surface area contributed by atoms with Gasteiger partial charge in [-0.05, 0) is 48.7 Å². The molecule has 1 heterocycles. The standard InChI is InChI=1S/C20H21N3O/c1-23(2)15-9-7-14(8-10-15)22-19(24)20(11-12-20)17-13-21-18-6-4-3-5-16(17)18/h3-10,13,21H,11-12H2,1-2H3,(H,22,24). The summed E-state index contributed by atoms with van der Waals surface area (Å²) in [6.45, 7) is 0. The van der Waals surface area contributed by atoms with E-state index >= 15 is 0 Å². The molecule has 0 atom stereocenters. The molecule has 1 amide bonds. The molecular formula is C20H21N3O. The van der Waals surface area contributed by atoms with Crippen molar-refractivity contribution in [1.29, 1.82) is 0 Å². The number of para-hydroxylation sites is 1. The van der Waals surface area contributed by atoms with Gasteiger partial charge in [0.15, 0.2) is 0 Å². The van der Waals surface area contributed by atoms with Gasteiger partial charge in [-0.15, -0.1) is 0 Å². The molecule has 1 aliphatic rings. The summed E-state index contributed by atoms with van der Waals surface area (Å²) in [5.41, 5.74) is 3.77. The number of hydrogen-bond acceptors (Lipinski definition) is 2. The quantitative estimate of drug-likeness (QED) is 0.766. The van der Waals surface area contributed by atoms with E-state index in [-0.39, 0.29) is 11.3 Å². The van der Waals surface area contributed by atoms with Crippen molar-refractivity contribution in [2.75, 3.05) is 24.3 Å². The van der Waals surface area contributed by atoms with Crippen LogP contribution in [0.5, 0.6) is 0 Å². The Kier molecular flexibility index (Phi) is 3.34. The third-order valence-corrected chi connectivity index (χ3v) is 4.93.